The molecule has 0 radical (unpaired) electrons. The van der Waals surface area contributed by atoms with Crippen LogP contribution in [0.15, 0.2) is 67.0 Å². The number of hydrogen-bond acceptors (Lipinski definition) is 4. The van der Waals surface area contributed by atoms with Crippen molar-refractivity contribution in [2.24, 2.45) is 0 Å². The van der Waals surface area contributed by atoms with Crippen LogP contribution >= 0.6 is 0 Å². The van der Waals surface area contributed by atoms with Crippen LogP contribution in [0, 0.1) is 11.3 Å². The quantitative estimate of drug-likeness (QED) is 0.523. The number of nitrogens with one attached hydrogen (secondary N) is 1. The van der Waals surface area contributed by atoms with E-state index in [1.54, 1.807) is 6.20 Å². The first-order chi connectivity index (χ1) is 17.2. The van der Waals surface area contributed by atoms with Crippen LogP contribution in [0.2, 0.25) is 0 Å². The highest BCUT2D eigenvalue weighted by Gasteiger charge is 2.35. The standard InChI is InChI=1S/C30H32N4O/c31-20-23-10-11-26-22-34(17-12-24(26)19-23)18-15-30(13-4-1-5-14-30)33-29(35)28-9-3-2-8-27(28)25-7-6-16-32-21-25/h2-3,6-11,16,19,21H,1,4-5,12-15,17-18,22H2,(H,33,35). The van der Waals surface area contributed by atoms with E-state index in [2.05, 4.69) is 27.3 Å². The number of benzene rings is 2. The molecule has 0 atom stereocenters. The van der Waals surface area contributed by atoms with Gasteiger partial charge in [-0.2, -0.15) is 5.26 Å². The summed E-state index contributed by atoms with van der Waals surface area (Å²) in [6.07, 6.45) is 11.1. The van der Waals surface area contributed by atoms with Gasteiger partial charge >= 0.3 is 0 Å². The molecule has 2 heterocycles. The number of carbonyl (C=O) groups is 1. The number of pyridine rings is 1. The van der Waals surface area contributed by atoms with Gasteiger partial charge in [-0.05, 0) is 66.6 Å². The Morgan fingerprint density at radius 1 is 1.06 bits per heavy atom. The van der Waals surface area contributed by atoms with Gasteiger partial charge < -0.3 is 5.32 Å². The molecule has 35 heavy (non-hydrogen) atoms. The normalized spacial score (nSPS) is 17.2. The molecule has 5 nitrogen and oxygen atoms in total. The maximum Gasteiger partial charge on any atom is 0.252 e. The third-order valence-corrected chi connectivity index (χ3v) is 7.67. The van der Waals surface area contributed by atoms with Gasteiger partial charge in [-0.15, -0.1) is 0 Å². The molecule has 1 N–H and O–H groups in total. The zero-order valence-corrected chi connectivity index (χ0v) is 20.2. The molecule has 0 saturated heterocycles. The Kier molecular flexibility index (Phi) is 6.92. The number of amides is 1. The van der Waals surface area contributed by atoms with Crippen LogP contribution in [0.25, 0.3) is 11.1 Å². The molecule has 0 unspecified atom stereocenters. The van der Waals surface area contributed by atoms with Gasteiger partial charge in [0.15, 0.2) is 0 Å². The maximum absolute atomic E-state index is 13.6. The highest BCUT2D eigenvalue weighted by Crippen LogP contribution is 2.33. The van der Waals surface area contributed by atoms with Gasteiger partial charge in [-0.3, -0.25) is 14.7 Å². The first kappa shape index (κ1) is 23.3. The van der Waals surface area contributed by atoms with Crippen molar-refractivity contribution in [2.75, 3.05) is 13.1 Å². The van der Waals surface area contributed by atoms with Crippen LogP contribution in [0.1, 0.15) is 65.6 Å². The third kappa shape index (κ3) is 5.28. The molecule has 1 aliphatic carbocycles. The van der Waals surface area contributed by atoms with Crippen LogP contribution < -0.4 is 5.32 Å². The molecule has 1 amide bonds. The summed E-state index contributed by atoms with van der Waals surface area (Å²) in [5, 5.41) is 12.7. The zero-order chi connectivity index (χ0) is 24.1. The van der Waals surface area contributed by atoms with Gasteiger partial charge in [0, 0.05) is 48.7 Å². The second-order valence-electron chi connectivity index (χ2n) is 9.95. The minimum Gasteiger partial charge on any atom is -0.347 e. The Hall–Kier alpha value is -3.49. The van der Waals surface area contributed by atoms with Gasteiger partial charge in [0.05, 0.1) is 11.6 Å². The predicted octanol–water partition coefficient (Wildman–Crippen LogP) is 5.50. The lowest BCUT2D eigenvalue weighted by Gasteiger charge is -2.40. The summed E-state index contributed by atoms with van der Waals surface area (Å²) < 4.78 is 0. The van der Waals surface area contributed by atoms with E-state index in [0.717, 1.165) is 74.8 Å². The lowest BCUT2D eigenvalue weighted by Crippen LogP contribution is -2.51. The average Bonchev–Trinajstić information content (AvgIpc) is 2.92. The number of aromatic nitrogens is 1. The van der Waals surface area contributed by atoms with E-state index in [4.69, 9.17) is 0 Å². The Balaban J connectivity index is 1.30. The highest BCUT2D eigenvalue weighted by atomic mass is 16.1. The van der Waals surface area contributed by atoms with E-state index >= 15 is 0 Å². The minimum atomic E-state index is -0.164. The van der Waals surface area contributed by atoms with Gasteiger partial charge in [0.1, 0.15) is 0 Å². The van der Waals surface area contributed by atoms with Crippen molar-refractivity contribution in [1.82, 2.24) is 15.2 Å². The lowest BCUT2D eigenvalue weighted by molar-refractivity contribution is 0.0841. The second-order valence-corrected chi connectivity index (χ2v) is 9.95. The van der Waals surface area contributed by atoms with Gasteiger partial charge in [0.2, 0.25) is 0 Å². The lowest BCUT2D eigenvalue weighted by atomic mass is 9.78. The molecule has 1 aromatic heterocycles. The average molecular weight is 465 g/mol. The van der Waals surface area contributed by atoms with Crippen LogP contribution in [-0.2, 0) is 13.0 Å². The topological polar surface area (TPSA) is 69.0 Å². The van der Waals surface area contributed by atoms with E-state index in [9.17, 15) is 10.1 Å². The van der Waals surface area contributed by atoms with Crippen LogP contribution in [0.3, 0.4) is 0 Å². The molecule has 1 fully saturated rings. The second kappa shape index (κ2) is 10.4. The van der Waals surface area contributed by atoms with Gasteiger partial charge in [0.25, 0.3) is 5.91 Å². The van der Waals surface area contributed by atoms with E-state index in [1.807, 2.05) is 54.7 Å². The molecule has 1 aliphatic heterocycles. The summed E-state index contributed by atoms with van der Waals surface area (Å²) in [7, 11) is 0. The SMILES string of the molecule is N#Cc1ccc2c(c1)CCN(CCC1(NC(=O)c3ccccc3-c3cccnc3)CCCCC1)C2. The summed E-state index contributed by atoms with van der Waals surface area (Å²) in [5.41, 5.74) is 5.80. The summed E-state index contributed by atoms with van der Waals surface area (Å²) in [4.78, 5) is 20.4. The van der Waals surface area contributed by atoms with Gasteiger partial charge in [-0.25, -0.2) is 0 Å². The summed E-state index contributed by atoms with van der Waals surface area (Å²) in [6, 6.07) is 20.1. The molecule has 2 aromatic carbocycles. The van der Waals surface area contributed by atoms with Crippen molar-refractivity contribution < 1.29 is 4.79 Å². The fourth-order valence-corrected chi connectivity index (χ4v) is 5.67. The van der Waals surface area contributed by atoms with E-state index < -0.39 is 0 Å². The Morgan fingerprint density at radius 3 is 2.71 bits per heavy atom. The first-order valence-corrected chi connectivity index (χ1v) is 12.7. The van der Waals surface area contributed by atoms with Crippen molar-refractivity contribution in [3.63, 3.8) is 0 Å². The number of rotatable bonds is 6. The fourth-order valence-electron chi connectivity index (χ4n) is 5.67. The molecule has 5 heteroatoms. The predicted molar refractivity (Wildman–Crippen MR) is 138 cm³/mol. The molecule has 2 aliphatic rings. The van der Waals surface area contributed by atoms with Crippen molar-refractivity contribution in [3.05, 3.63) is 89.2 Å². The molecular weight excluding hydrogens is 432 g/mol. The Labute approximate surface area is 207 Å². The van der Waals surface area contributed by atoms with Crippen molar-refractivity contribution >= 4 is 5.91 Å². The fraction of sp³-hybridized carbons (Fsp3) is 0.367. The maximum atomic E-state index is 13.6. The molecule has 1 saturated carbocycles. The largest absolute Gasteiger partial charge is 0.347 e. The van der Waals surface area contributed by atoms with E-state index in [1.165, 1.54) is 17.5 Å². The van der Waals surface area contributed by atoms with Crippen molar-refractivity contribution in [1.29, 1.82) is 5.26 Å². The minimum absolute atomic E-state index is 0.0133. The number of nitrogens with zero attached hydrogens (tertiary/aromatic N) is 3. The number of fused-ring (bicyclic) bond motifs is 1. The molecule has 178 valence electrons. The molecule has 3 aromatic rings. The summed E-state index contributed by atoms with van der Waals surface area (Å²) in [6.45, 7) is 2.87. The molecule has 0 bridgehead atoms. The van der Waals surface area contributed by atoms with E-state index in [0.29, 0.717) is 5.56 Å². The zero-order valence-electron chi connectivity index (χ0n) is 20.2. The monoisotopic (exact) mass is 464 g/mol. The Bertz CT molecular complexity index is 1220. The smallest absolute Gasteiger partial charge is 0.252 e. The highest BCUT2D eigenvalue weighted by molar-refractivity contribution is 6.01. The molecular formula is C30H32N4O. The van der Waals surface area contributed by atoms with Crippen molar-refractivity contribution in [3.8, 4) is 17.2 Å². The Morgan fingerprint density at radius 2 is 1.91 bits per heavy atom. The van der Waals surface area contributed by atoms with Gasteiger partial charge in [-0.1, -0.05) is 49.6 Å². The molecule has 5 rings (SSSR count). The number of carbonyl (C=O) groups excluding carboxylic acids is 1. The first-order valence-electron chi connectivity index (χ1n) is 12.7. The molecule has 0 spiro atoms. The third-order valence-electron chi connectivity index (χ3n) is 7.67. The van der Waals surface area contributed by atoms with Crippen molar-refractivity contribution in [2.45, 2.75) is 57.0 Å². The van der Waals surface area contributed by atoms with Crippen LogP contribution in [0.4, 0.5) is 0 Å². The van der Waals surface area contributed by atoms with E-state index in [-0.39, 0.29) is 11.4 Å². The number of hydrogen-bond donors (Lipinski definition) is 1. The van der Waals surface area contributed by atoms with Crippen LogP contribution in [0.5, 0.6) is 0 Å². The number of nitriles is 1. The summed E-state index contributed by atoms with van der Waals surface area (Å²) >= 11 is 0. The van der Waals surface area contributed by atoms with Crippen LogP contribution in [-0.4, -0.2) is 34.4 Å². The summed E-state index contributed by atoms with van der Waals surface area (Å²) in [5.74, 6) is 0.0133.